The number of aliphatic hydroxyl groups excluding tert-OH is 1. The molecule has 0 bridgehead atoms. The summed E-state index contributed by atoms with van der Waals surface area (Å²) in [4.78, 5) is 42.3. The Labute approximate surface area is 286 Å². The van der Waals surface area contributed by atoms with Crippen molar-refractivity contribution < 1.29 is 43.2 Å². The van der Waals surface area contributed by atoms with Gasteiger partial charge in [-0.3, -0.25) is 9.59 Å². The van der Waals surface area contributed by atoms with E-state index in [2.05, 4.69) is 22.9 Å². The van der Waals surface area contributed by atoms with E-state index in [4.69, 9.17) is 23.7 Å². The van der Waals surface area contributed by atoms with Gasteiger partial charge in [0.05, 0.1) is 23.9 Å². The molecule has 1 amide bonds. The lowest BCUT2D eigenvalue weighted by Crippen LogP contribution is -2.60. The van der Waals surface area contributed by atoms with Crippen LogP contribution in [0.3, 0.4) is 0 Å². The summed E-state index contributed by atoms with van der Waals surface area (Å²) >= 11 is 0. The molecule has 0 spiro atoms. The number of Topliss-reactive ketones (excluding diaryl/α,β-unsaturated/α-hetero) is 1. The maximum Gasteiger partial charge on any atom is 0.408 e. The molecule has 13 atom stereocenters. The van der Waals surface area contributed by atoms with Crippen molar-refractivity contribution in [2.45, 2.75) is 153 Å². The van der Waals surface area contributed by atoms with Crippen LogP contribution >= 0.6 is 0 Å². The van der Waals surface area contributed by atoms with Crippen LogP contribution < -0.4 is 16.0 Å². The summed E-state index contributed by atoms with van der Waals surface area (Å²) in [5.74, 6) is -3.03. The molecule has 0 aromatic rings. The zero-order valence-corrected chi connectivity index (χ0v) is 30.7. The minimum atomic E-state index is -1.14. The topological polar surface area (TPSA) is 157 Å². The number of methoxy groups -OCH3 is 1. The first-order valence-corrected chi connectivity index (χ1v) is 18.0. The Balaban J connectivity index is 1.66. The van der Waals surface area contributed by atoms with E-state index in [1.807, 2.05) is 39.8 Å². The van der Waals surface area contributed by atoms with E-state index >= 15 is 0 Å². The molecule has 0 radical (unpaired) electrons. The molecule has 48 heavy (non-hydrogen) atoms. The van der Waals surface area contributed by atoms with E-state index in [1.54, 1.807) is 21.0 Å². The first kappa shape index (κ1) is 38.9. The van der Waals surface area contributed by atoms with Crippen LogP contribution in [0, 0.1) is 17.8 Å². The number of nitrogens with zero attached hydrogens (tertiary/aromatic N) is 1. The van der Waals surface area contributed by atoms with E-state index in [0.29, 0.717) is 38.4 Å². The molecular formula is C35H62N4O9. The zero-order chi connectivity index (χ0) is 35.6. The standard InChI is InChI=1S/C35H62N4O9/c1-11-35-23(6)45-31(42)21(4)27(40)20(3)30(34(7,44-10)16-19(2)17-36-22(5)29(35)38-33(43)48-35)47-32-28(41)26(39(8)9)15-25(46-32)18-37-24-13-12-14-24/h19-26,28-30,32,36-37,41H,11-18H2,1-10H3,(H,38,43)/t19-,20+,21?,22-,23-,25?,26?,28?,29-,30-,32?,34-,35-/m1/s1. The summed E-state index contributed by atoms with van der Waals surface area (Å²) < 4.78 is 31.1. The minimum Gasteiger partial charge on any atom is -0.458 e. The van der Waals surface area contributed by atoms with Crippen LogP contribution in [0.1, 0.15) is 87.0 Å². The molecule has 5 unspecified atom stereocenters. The molecule has 3 aliphatic heterocycles. The molecule has 276 valence electrons. The second-order valence-electron chi connectivity index (χ2n) is 15.3. The normalized spacial score (nSPS) is 43.8. The highest BCUT2D eigenvalue weighted by Crippen LogP contribution is 2.38. The van der Waals surface area contributed by atoms with Crippen molar-refractivity contribution in [3.05, 3.63) is 0 Å². The van der Waals surface area contributed by atoms with Crippen LogP contribution in [-0.4, -0.2) is 128 Å². The van der Waals surface area contributed by atoms with E-state index in [-0.39, 0.29) is 29.9 Å². The highest BCUT2D eigenvalue weighted by Gasteiger charge is 2.56. The summed E-state index contributed by atoms with van der Waals surface area (Å²) in [6.07, 6.45) is 0.532. The molecule has 4 fully saturated rings. The number of carbonyl (C=O) groups excluding carboxylic acids is 3. The van der Waals surface area contributed by atoms with Gasteiger partial charge in [0.25, 0.3) is 0 Å². The summed E-state index contributed by atoms with van der Waals surface area (Å²) in [6, 6.07) is -0.464. The monoisotopic (exact) mass is 682 g/mol. The molecule has 1 saturated carbocycles. The lowest BCUT2D eigenvalue weighted by Gasteiger charge is -2.47. The number of aliphatic hydroxyl groups is 1. The number of rotatable bonds is 8. The Morgan fingerprint density at radius 2 is 1.79 bits per heavy atom. The van der Waals surface area contributed by atoms with Crippen molar-refractivity contribution in [3.63, 3.8) is 0 Å². The quantitative estimate of drug-likeness (QED) is 0.219. The highest BCUT2D eigenvalue weighted by molar-refractivity contribution is 6.00. The number of likely N-dealkylation sites (N-methyl/N-ethyl adjacent to an activating group) is 1. The second-order valence-corrected chi connectivity index (χ2v) is 15.3. The maximum absolute atomic E-state index is 14.2. The second kappa shape index (κ2) is 16.0. The summed E-state index contributed by atoms with van der Waals surface area (Å²) in [6.45, 7) is 14.0. The van der Waals surface area contributed by atoms with Crippen molar-refractivity contribution in [1.29, 1.82) is 0 Å². The van der Waals surface area contributed by atoms with Gasteiger partial charge in [-0.25, -0.2) is 4.79 Å². The number of ketones is 1. The molecule has 13 heteroatoms. The van der Waals surface area contributed by atoms with E-state index in [0.717, 1.165) is 12.8 Å². The fourth-order valence-corrected chi connectivity index (χ4v) is 8.12. The van der Waals surface area contributed by atoms with Gasteiger partial charge in [0.15, 0.2) is 17.7 Å². The van der Waals surface area contributed by atoms with E-state index in [9.17, 15) is 19.5 Å². The SMILES string of the molecule is CC[C@]12OC(=O)N[C@@H]1[C@@H](C)NC[C@H](C)C[C@@](C)(OC)[C@H](OC1OC(CNC3CCC3)CC(N(C)C)C1O)[C@@H](C)C(=O)C(C)C(=O)O[C@@H]2C. The van der Waals surface area contributed by atoms with Gasteiger partial charge in [0, 0.05) is 37.7 Å². The van der Waals surface area contributed by atoms with Gasteiger partial charge in [0.2, 0.25) is 0 Å². The third-order valence-corrected chi connectivity index (χ3v) is 11.6. The van der Waals surface area contributed by atoms with Crippen molar-refractivity contribution >= 4 is 17.8 Å². The number of ether oxygens (including phenoxy) is 5. The van der Waals surface area contributed by atoms with E-state index in [1.165, 1.54) is 13.3 Å². The number of esters is 1. The summed E-state index contributed by atoms with van der Waals surface area (Å²) in [5, 5.41) is 21.6. The molecule has 3 heterocycles. The molecule has 3 saturated heterocycles. The van der Waals surface area contributed by atoms with E-state index < -0.39 is 65.7 Å². The van der Waals surface area contributed by atoms with Crippen molar-refractivity contribution in [2.75, 3.05) is 34.3 Å². The Hall–Kier alpha value is -1.87. The third-order valence-electron chi connectivity index (χ3n) is 11.6. The van der Waals surface area contributed by atoms with Crippen LogP contribution in [0.4, 0.5) is 4.79 Å². The number of alkyl carbamates (subject to hydrolysis) is 1. The van der Waals surface area contributed by atoms with Crippen LogP contribution in [0.5, 0.6) is 0 Å². The molecule has 4 aliphatic rings. The average molecular weight is 683 g/mol. The van der Waals surface area contributed by atoms with Crippen LogP contribution in [0.15, 0.2) is 0 Å². The van der Waals surface area contributed by atoms with Crippen molar-refractivity contribution in [2.24, 2.45) is 17.8 Å². The van der Waals surface area contributed by atoms with Crippen LogP contribution in [-0.2, 0) is 33.3 Å². The lowest BCUT2D eigenvalue weighted by molar-refractivity contribution is -0.297. The predicted octanol–water partition coefficient (Wildman–Crippen LogP) is 2.37. The van der Waals surface area contributed by atoms with Crippen LogP contribution in [0.2, 0.25) is 0 Å². The number of fused-ring (bicyclic) bond motifs is 1. The molecule has 0 aromatic carbocycles. The zero-order valence-electron chi connectivity index (χ0n) is 30.7. The summed E-state index contributed by atoms with van der Waals surface area (Å²) in [7, 11) is 5.45. The first-order chi connectivity index (χ1) is 22.6. The Bertz CT molecular complexity index is 1120. The third kappa shape index (κ3) is 8.19. The Morgan fingerprint density at radius 3 is 2.38 bits per heavy atom. The van der Waals surface area contributed by atoms with Crippen molar-refractivity contribution in [3.8, 4) is 0 Å². The number of hydrogen-bond donors (Lipinski definition) is 4. The first-order valence-electron chi connectivity index (χ1n) is 18.0. The Kier molecular flexibility index (Phi) is 13.0. The van der Waals surface area contributed by atoms with Gasteiger partial charge in [-0.05, 0) is 86.4 Å². The molecular weight excluding hydrogens is 620 g/mol. The van der Waals surface area contributed by atoms with Crippen molar-refractivity contribution in [1.82, 2.24) is 20.9 Å². The van der Waals surface area contributed by atoms with Gasteiger partial charge in [0.1, 0.15) is 18.1 Å². The van der Waals surface area contributed by atoms with Gasteiger partial charge >= 0.3 is 12.1 Å². The number of nitrogens with one attached hydrogen (secondary N) is 3. The van der Waals surface area contributed by atoms with Gasteiger partial charge in [-0.15, -0.1) is 0 Å². The number of cyclic esters (lactones) is 1. The molecule has 1 aliphatic carbocycles. The average Bonchev–Trinajstić information content (AvgIpc) is 3.38. The fourth-order valence-electron chi connectivity index (χ4n) is 8.12. The molecule has 13 nitrogen and oxygen atoms in total. The largest absolute Gasteiger partial charge is 0.458 e. The van der Waals surface area contributed by atoms with Crippen LogP contribution in [0.25, 0.3) is 0 Å². The van der Waals surface area contributed by atoms with Gasteiger partial charge < -0.3 is 49.6 Å². The molecule has 4 N–H and O–H groups in total. The lowest BCUT2D eigenvalue weighted by atomic mass is 9.78. The number of amides is 1. The minimum absolute atomic E-state index is 0.0313. The maximum atomic E-state index is 14.2. The molecule has 0 aromatic heterocycles. The predicted molar refractivity (Wildman–Crippen MR) is 179 cm³/mol. The molecule has 4 rings (SSSR count). The summed E-state index contributed by atoms with van der Waals surface area (Å²) in [5.41, 5.74) is -2.13. The van der Waals surface area contributed by atoms with Gasteiger partial charge in [-0.1, -0.05) is 27.2 Å². The highest BCUT2D eigenvalue weighted by atomic mass is 16.7. The fraction of sp³-hybridized carbons (Fsp3) is 0.914. The van der Waals surface area contributed by atoms with Gasteiger partial charge in [-0.2, -0.15) is 0 Å². The number of hydrogen-bond acceptors (Lipinski definition) is 12. The number of carbonyl (C=O) groups is 3. The smallest absolute Gasteiger partial charge is 0.408 e. The Morgan fingerprint density at radius 1 is 1.10 bits per heavy atom.